The molecule has 0 fully saturated rings. The van der Waals surface area contributed by atoms with Crippen LogP contribution in [-0.2, 0) is 0 Å². The van der Waals surface area contributed by atoms with Crippen molar-refractivity contribution in [1.82, 2.24) is 5.32 Å². The van der Waals surface area contributed by atoms with Crippen LogP contribution in [0.1, 0.15) is 42.2 Å². The lowest BCUT2D eigenvalue weighted by atomic mass is 10.1. The third-order valence-electron chi connectivity index (χ3n) is 3.41. The third kappa shape index (κ3) is 4.17. The summed E-state index contributed by atoms with van der Waals surface area (Å²) in [4.78, 5) is 12.3. The largest absolute Gasteiger partial charge is 0.322 e. The molecule has 3 nitrogen and oxygen atoms in total. The highest BCUT2D eigenvalue weighted by Gasteiger charge is 2.12. The molecule has 0 radical (unpaired) electrons. The molecule has 2 N–H and O–H groups in total. The van der Waals surface area contributed by atoms with E-state index >= 15 is 0 Å². The van der Waals surface area contributed by atoms with Gasteiger partial charge in [0.05, 0.1) is 0 Å². The van der Waals surface area contributed by atoms with Gasteiger partial charge in [-0.25, -0.2) is 0 Å². The Bertz CT molecular complexity index is 581. The predicted molar refractivity (Wildman–Crippen MR) is 87.5 cm³/mol. The second-order valence-corrected chi connectivity index (χ2v) is 5.08. The topological polar surface area (TPSA) is 41.1 Å². The summed E-state index contributed by atoms with van der Waals surface area (Å²) in [6.07, 6.45) is 1.09. The van der Waals surface area contributed by atoms with Crippen LogP contribution in [0.15, 0.2) is 54.6 Å². The fourth-order valence-electron chi connectivity index (χ4n) is 2.24. The van der Waals surface area contributed by atoms with Crippen molar-refractivity contribution in [2.24, 2.45) is 0 Å². The number of para-hydroxylation sites is 1. The zero-order chi connectivity index (χ0) is 15.1. The van der Waals surface area contributed by atoms with Crippen molar-refractivity contribution in [2.75, 3.05) is 11.9 Å². The van der Waals surface area contributed by atoms with Crippen molar-refractivity contribution in [2.45, 2.75) is 26.3 Å². The molecule has 0 heterocycles. The first-order valence-corrected chi connectivity index (χ1v) is 7.41. The van der Waals surface area contributed by atoms with Gasteiger partial charge in [0, 0.05) is 17.3 Å². The molecule has 0 aliphatic carbocycles. The van der Waals surface area contributed by atoms with Gasteiger partial charge < -0.3 is 10.6 Å². The van der Waals surface area contributed by atoms with E-state index in [0.717, 1.165) is 24.2 Å². The van der Waals surface area contributed by atoms with Crippen LogP contribution in [0, 0.1) is 0 Å². The maximum atomic E-state index is 12.3. The molecule has 0 saturated carbocycles. The Morgan fingerprint density at radius 3 is 2.43 bits per heavy atom. The van der Waals surface area contributed by atoms with Crippen molar-refractivity contribution >= 4 is 11.6 Å². The molecule has 2 rings (SSSR count). The summed E-state index contributed by atoms with van der Waals surface area (Å²) < 4.78 is 0. The summed E-state index contributed by atoms with van der Waals surface area (Å²) >= 11 is 0. The molecule has 0 aromatic heterocycles. The van der Waals surface area contributed by atoms with E-state index in [4.69, 9.17) is 0 Å². The summed E-state index contributed by atoms with van der Waals surface area (Å²) in [5, 5.41) is 6.46. The zero-order valence-electron chi connectivity index (χ0n) is 12.6. The van der Waals surface area contributed by atoms with Gasteiger partial charge in [0.15, 0.2) is 0 Å². The summed E-state index contributed by atoms with van der Waals surface area (Å²) in [7, 11) is 0. The molecule has 110 valence electrons. The quantitative estimate of drug-likeness (QED) is 0.841. The molecule has 1 unspecified atom stereocenters. The van der Waals surface area contributed by atoms with Gasteiger partial charge in [0.25, 0.3) is 5.91 Å². The average molecular weight is 282 g/mol. The SMILES string of the molecule is CCCNC(C)c1ccccc1NC(=O)c1ccccc1. The maximum absolute atomic E-state index is 12.3. The molecule has 1 amide bonds. The van der Waals surface area contributed by atoms with E-state index in [9.17, 15) is 4.79 Å². The van der Waals surface area contributed by atoms with Crippen molar-refractivity contribution in [1.29, 1.82) is 0 Å². The maximum Gasteiger partial charge on any atom is 0.255 e. The molecular weight excluding hydrogens is 260 g/mol. The highest BCUT2D eigenvalue weighted by molar-refractivity contribution is 6.04. The summed E-state index contributed by atoms with van der Waals surface area (Å²) in [5.74, 6) is -0.0780. The van der Waals surface area contributed by atoms with Crippen molar-refractivity contribution < 1.29 is 4.79 Å². The number of carbonyl (C=O) groups excluding carboxylic acids is 1. The normalized spacial score (nSPS) is 11.9. The van der Waals surface area contributed by atoms with Gasteiger partial charge in [-0.1, -0.05) is 43.3 Å². The minimum absolute atomic E-state index is 0.0780. The number of hydrogen-bond acceptors (Lipinski definition) is 2. The molecule has 0 aliphatic heterocycles. The van der Waals surface area contributed by atoms with Crippen LogP contribution in [0.4, 0.5) is 5.69 Å². The van der Waals surface area contributed by atoms with Gasteiger partial charge in [-0.15, -0.1) is 0 Å². The van der Waals surface area contributed by atoms with E-state index in [0.29, 0.717) is 5.56 Å². The van der Waals surface area contributed by atoms with Gasteiger partial charge in [-0.05, 0) is 43.7 Å². The van der Waals surface area contributed by atoms with Gasteiger partial charge in [0.1, 0.15) is 0 Å². The first-order chi connectivity index (χ1) is 10.2. The Balaban J connectivity index is 2.15. The van der Waals surface area contributed by atoms with Crippen LogP contribution < -0.4 is 10.6 Å². The Hall–Kier alpha value is -2.13. The van der Waals surface area contributed by atoms with Gasteiger partial charge in [0.2, 0.25) is 0 Å². The van der Waals surface area contributed by atoms with Crippen molar-refractivity contribution in [3.8, 4) is 0 Å². The van der Waals surface area contributed by atoms with Crippen molar-refractivity contribution in [3.63, 3.8) is 0 Å². The van der Waals surface area contributed by atoms with E-state index in [1.54, 1.807) is 0 Å². The molecular formula is C18H22N2O. The monoisotopic (exact) mass is 282 g/mol. The first kappa shape index (κ1) is 15.3. The van der Waals surface area contributed by atoms with Crippen LogP contribution in [-0.4, -0.2) is 12.5 Å². The number of amides is 1. The Labute approximate surface area is 126 Å². The van der Waals surface area contributed by atoms with E-state index in [1.165, 1.54) is 0 Å². The summed E-state index contributed by atoms with van der Waals surface area (Å²) in [5.41, 5.74) is 2.64. The predicted octanol–water partition coefficient (Wildman–Crippen LogP) is 4.00. The average Bonchev–Trinajstić information content (AvgIpc) is 2.54. The van der Waals surface area contributed by atoms with E-state index in [-0.39, 0.29) is 11.9 Å². The number of nitrogens with one attached hydrogen (secondary N) is 2. The number of anilines is 1. The second kappa shape index (κ2) is 7.60. The molecule has 2 aromatic rings. The molecule has 1 atom stereocenters. The Kier molecular flexibility index (Phi) is 5.52. The van der Waals surface area contributed by atoms with Crippen LogP contribution in [0.5, 0.6) is 0 Å². The van der Waals surface area contributed by atoms with E-state index in [2.05, 4.69) is 24.5 Å². The number of benzene rings is 2. The number of carbonyl (C=O) groups is 1. The summed E-state index contributed by atoms with van der Waals surface area (Å²) in [6, 6.07) is 17.4. The lowest BCUT2D eigenvalue weighted by Gasteiger charge is -2.18. The fourth-order valence-corrected chi connectivity index (χ4v) is 2.24. The van der Waals surface area contributed by atoms with E-state index < -0.39 is 0 Å². The highest BCUT2D eigenvalue weighted by Crippen LogP contribution is 2.23. The van der Waals surface area contributed by atoms with E-state index in [1.807, 2.05) is 54.6 Å². The van der Waals surface area contributed by atoms with Gasteiger partial charge in [-0.2, -0.15) is 0 Å². The minimum atomic E-state index is -0.0780. The standard InChI is InChI=1S/C18H22N2O/c1-3-13-19-14(2)16-11-7-8-12-17(16)20-18(21)15-9-5-4-6-10-15/h4-12,14,19H,3,13H2,1-2H3,(H,20,21). The second-order valence-electron chi connectivity index (χ2n) is 5.08. The summed E-state index contributed by atoms with van der Waals surface area (Å²) in [6.45, 7) is 5.22. The minimum Gasteiger partial charge on any atom is -0.322 e. The Morgan fingerprint density at radius 2 is 1.71 bits per heavy atom. The molecule has 21 heavy (non-hydrogen) atoms. The number of rotatable bonds is 6. The highest BCUT2D eigenvalue weighted by atomic mass is 16.1. The lowest BCUT2D eigenvalue weighted by Crippen LogP contribution is -2.21. The molecule has 0 bridgehead atoms. The molecule has 0 saturated heterocycles. The van der Waals surface area contributed by atoms with Gasteiger partial charge >= 0.3 is 0 Å². The number of hydrogen-bond donors (Lipinski definition) is 2. The van der Waals surface area contributed by atoms with Crippen molar-refractivity contribution in [3.05, 3.63) is 65.7 Å². The first-order valence-electron chi connectivity index (χ1n) is 7.41. The van der Waals surface area contributed by atoms with Crippen LogP contribution in [0.25, 0.3) is 0 Å². The third-order valence-corrected chi connectivity index (χ3v) is 3.41. The van der Waals surface area contributed by atoms with Crippen LogP contribution in [0.2, 0.25) is 0 Å². The molecule has 2 aromatic carbocycles. The van der Waals surface area contributed by atoms with Gasteiger partial charge in [-0.3, -0.25) is 4.79 Å². The molecule has 3 heteroatoms. The smallest absolute Gasteiger partial charge is 0.255 e. The Morgan fingerprint density at radius 1 is 1.05 bits per heavy atom. The van der Waals surface area contributed by atoms with Crippen LogP contribution in [0.3, 0.4) is 0 Å². The fraction of sp³-hybridized carbons (Fsp3) is 0.278. The zero-order valence-corrected chi connectivity index (χ0v) is 12.6. The molecule has 0 spiro atoms. The lowest BCUT2D eigenvalue weighted by molar-refractivity contribution is 0.102. The molecule has 0 aliphatic rings. The van der Waals surface area contributed by atoms with Crippen LogP contribution >= 0.6 is 0 Å².